The Bertz CT molecular complexity index is 345. The van der Waals surface area contributed by atoms with Crippen LogP contribution in [0.2, 0.25) is 4.34 Å². The molecule has 0 radical (unpaired) electrons. The third-order valence-corrected chi connectivity index (χ3v) is 5.33. The van der Waals surface area contributed by atoms with Gasteiger partial charge in [-0.2, -0.15) is 0 Å². The average Bonchev–Trinajstić information content (AvgIpc) is 2.78. The topological polar surface area (TPSA) is 38.0 Å². The van der Waals surface area contributed by atoms with Crippen LogP contribution in [0.4, 0.5) is 0 Å². The van der Waals surface area contributed by atoms with Gasteiger partial charge in [-0.3, -0.25) is 11.3 Å². The van der Waals surface area contributed by atoms with Crippen LogP contribution in [0.15, 0.2) is 12.1 Å². The van der Waals surface area contributed by atoms with E-state index in [-0.39, 0.29) is 6.04 Å². The first-order valence-electron chi connectivity index (χ1n) is 6.46. The minimum Gasteiger partial charge on any atom is -0.271 e. The smallest absolute Gasteiger partial charge is 0.0931 e. The fraction of sp³-hybridized carbons (Fsp3) is 0.692. The quantitative estimate of drug-likeness (QED) is 0.639. The Labute approximate surface area is 113 Å². The molecular formula is C13H21ClN2S. The van der Waals surface area contributed by atoms with Crippen LogP contribution in [0, 0.1) is 11.8 Å². The Kier molecular flexibility index (Phi) is 4.86. The number of hydrazine groups is 1. The fourth-order valence-electron chi connectivity index (χ4n) is 2.88. The lowest BCUT2D eigenvalue weighted by atomic mass is 9.77. The number of rotatable bonds is 4. The molecule has 1 unspecified atom stereocenters. The number of hydrogen-bond donors (Lipinski definition) is 2. The molecule has 1 heterocycles. The van der Waals surface area contributed by atoms with Gasteiger partial charge in [0.05, 0.1) is 10.4 Å². The molecule has 1 saturated carbocycles. The lowest BCUT2D eigenvalue weighted by molar-refractivity contribution is 0.221. The van der Waals surface area contributed by atoms with Gasteiger partial charge >= 0.3 is 0 Å². The largest absolute Gasteiger partial charge is 0.271 e. The van der Waals surface area contributed by atoms with Crippen molar-refractivity contribution in [2.75, 3.05) is 0 Å². The molecular weight excluding hydrogens is 252 g/mol. The van der Waals surface area contributed by atoms with E-state index >= 15 is 0 Å². The van der Waals surface area contributed by atoms with E-state index in [4.69, 9.17) is 17.4 Å². The molecule has 1 aromatic rings. The SMILES string of the molecule is CCC1CCC(C(NN)c2ccc(Cl)s2)CC1. The molecule has 0 spiro atoms. The van der Waals surface area contributed by atoms with E-state index in [0.29, 0.717) is 5.92 Å². The predicted molar refractivity (Wildman–Crippen MR) is 75.1 cm³/mol. The molecule has 1 aromatic heterocycles. The van der Waals surface area contributed by atoms with Gasteiger partial charge in [0.15, 0.2) is 0 Å². The highest BCUT2D eigenvalue weighted by Gasteiger charge is 2.28. The average molecular weight is 273 g/mol. The maximum absolute atomic E-state index is 6.00. The van der Waals surface area contributed by atoms with Gasteiger partial charge in [0.2, 0.25) is 0 Å². The van der Waals surface area contributed by atoms with Crippen molar-refractivity contribution < 1.29 is 0 Å². The lowest BCUT2D eigenvalue weighted by Gasteiger charge is -2.32. The van der Waals surface area contributed by atoms with Crippen molar-refractivity contribution in [1.82, 2.24) is 5.43 Å². The molecule has 2 nitrogen and oxygen atoms in total. The molecule has 1 fully saturated rings. The van der Waals surface area contributed by atoms with E-state index in [9.17, 15) is 0 Å². The van der Waals surface area contributed by atoms with Gasteiger partial charge in [0, 0.05) is 4.88 Å². The van der Waals surface area contributed by atoms with Gasteiger partial charge in [-0.05, 0) is 36.8 Å². The third-order valence-electron chi connectivity index (χ3n) is 4.02. The molecule has 96 valence electrons. The van der Waals surface area contributed by atoms with E-state index in [1.807, 2.05) is 6.07 Å². The van der Waals surface area contributed by atoms with Crippen molar-refractivity contribution in [2.24, 2.45) is 17.7 Å². The second kappa shape index (κ2) is 6.19. The fourth-order valence-corrected chi connectivity index (χ4v) is 4.09. The predicted octanol–water partition coefficient (Wildman–Crippen LogP) is 4.12. The van der Waals surface area contributed by atoms with E-state index in [0.717, 1.165) is 10.3 Å². The minimum atomic E-state index is 0.283. The molecule has 2 rings (SSSR count). The molecule has 0 amide bonds. The summed E-state index contributed by atoms with van der Waals surface area (Å²) >= 11 is 7.64. The normalized spacial score (nSPS) is 27.0. The first-order valence-corrected chi connectivity index (χ1v) is 7.65. The second-order valence-electron chi connectivity index (χ2n) is 4.98. The Morgan fingerprint density at radius 2 is 2.12 bits per heavy atom. The number of hydrogen-bond acceptors (Lipinski definition) is 3. The van der Waals surface area contributed by atoms with Gasteiger partial charge in [0.1, 0.15) is 0 Å². The van der Waals surface area contributed by atoms with E-state index in [1.165, 1.54) is 37.0 Å². The van der Waals surface area contributed by atoms with Crippen LogP contribution < -0.4 is 11.3 Å². The number of nitrogens with one attached hydrogen (secondary N) is 1. The summed E-state index contributed by atoms with van der Waals surface area (Å²) in [5.74, 6) is 7.32. The minimum absolute atomic E-state index is 0.283. The zero-order valence-electron chi connectivity index (χ0n) is 10.3. The molecule has 0 aromatic carbocycles. The van der Waals surface area contributed by atoms with Crippen molar-refractivity contribution in [3.8, 4) is 0 Å². The number of thiophene rings is 1. The van der Waals surface area contributed by atoms with Crippen molar-refractivity contribution in [2.45, 2.75) is 45.1 Å². The van der Waals surface area contributed by atoms with Gasteiger partial charge in [-0.1, -0.05) is 37.8 Å². The Hall–Kier alpha value is -0.0900. The van der Waals surface area contributed by atoms with Crippen molar-refractivity contribution >= 4 is 22.9 Å². The standard InChI is InChI=1S/C13H21ClN2S/c1-2-9-3-5-10(6-4-9)13(16-15)11-7-8-12(14)17-11/h7-10,13,16H,2-6,15H2,1H3. The summed E-state index contributed by atoms with van der Waals surface area (Å²) in [5, 5.41) is 0. The highest BCUT2D eigenvalue weighted by atomic mass is 35.5. The summed E-state index contributed by atoms with van der Waals surface area (Å²) < 4.78 is 0.850. The number of nitrogens with two attached hydrogens (primary N) is 1. The number of halogens is 1. The summed E-state index contributed by atoms with van der Waals surface area (Å²) in [6.45, 7) is 2.29. The summed E-state index contributed by atoms with van der Waals surface area (Å²) in [6.07, 6.45) is 6.57. The van der Waals surface area contributed by atoms with Crippen LogP contribution in [0.3, 0.4) is 0 Å². The Morgan fingerprint density at radius 3 is 2.59 bits per heavy atom. The molecule has 0 aliphatic heterocycles. The van der Waals surface area contributed by atoms with Crippen LogP contribution in [0.5, 0.6) is 0 Å². The van der Waals surface area contributed by atoms with Crippen molar-refractivity contribution in [3.63, 3.8) is 0 Å². The zero-order chi connectivity index (χ0) is 12.3. The zero-order valence-corrected chi connectivity index (χ0v) is 11.9. The summed E-state index contributed by atoms with van der Waals surface area (Å²) in [6, 6.07) is 4.35. The second-order valence-corrected chi connectivity index (χ2v) is 6.72. The van der Waals surface area contributed by atoms with Crippen LogP contribution in [0.25, 0.3) is 0 Å². The first kappa shape index (κ1) is 13.3. The summed E-state index contributed by atoms with van der Waals surface area (Å²) in [7, 11) is 0. The Morgan fingerprint density at radius 1 is 1.41 bits per heavy atom. The molecule has 1 aliphatic rings. The summed E-state index contributed by atoms with van der Waals surface area (Å²) in [4.78, 5) is 1.28. The maximum Gasteiger partial charge on any atom is 0.0931 e. The van der Waals surface area contributed by atoms with Crippen molar-refractivity contribution in [1.29, 1.82) is 0 Å². The van der Waals surface area contributed by atoms with Crippen LogP contribution in [0.1, 0.15) is 49.9 Å². The van der Waals surface area contributed by atoms with E-state index in [1.54, 1.807) is 11.3 Å². The summed E-state index contributed by atoms with van der Waals surface area (Å²) in [5.41, 5.74) is 2.99. The Balaban J connectivity index is 2.00. The molecule has 0 saturated heterocycles. The molecule has 17 heavy (non-hydrogen) atoms. The van der Waals surface area contributed by atoms with E-state index < -0.39 is 0 Å². The molecule has 1 aliphatic carbocycles. The van der Waals surface area contributed by atoms with Crippen molar-refractivity contribution in [3.05, 3.63) is 21.3 Å². The molecule has 1 atom stereocenters. The van der Waals surface area contributed by atoms with Gasteiger partial charge in [0.25, 0.3) is 0 Å². The van der Waals surface area contributed by atoms with Crippen LogP contribution in [-0.4, -0.2) is 0 Å². The molecule has 0 bridgehead atoms. The van der Waals surface area contributed by atoms with Gasteiger partial charge < -0.3 is 0 Å². The maximum atomic E-state index is 6.00. The van der Waals surface area contributed by atoms with E-state index in [2.05, 4.69) is 18.4 Å². The monoisotopic (exact) mass is 272 g/mol. The van der Waals surface area contributed by atoms with Crippen LogP contribution in [-0.2, 0) is 0 Å². The lowest BCUT2D eigenvalue weighted by Crippen LogP contribution is -2.34. The molecule has 4 heteroatoms. The highest BCUT2D eigenvalue weighted by molar-refractivity contribution is 7.16. The first-order chi connectivity index (χ1) is 8.24. The third kappa shape index (κ3) is 3.22. The molecule has 3 N–H and O–H groups in total. The van der Waals surface area contributed by atoms with Crippen LogP contribution >= 0.6 is 22.9 Å². The van der Waals surface area contributed by atoms with Gasteiger partial charge in [-0.25, -0.2) is 0 Å². The van der Waals surface area contributed by atoms with Gasteiger partial charge in [-0.15, -0.1) is 11.3 Å². The highest BCUT2D eigenvalue weighted by Crippen LogP contribution is 2.40.